The van der Waals surface area contributed by atoms with E-state index in [4.69, 9.17) is 0 Å². The van der Waals surface area contributed by atoms with Gasteiger partial charge in [-0.1, -0.05) is 32.9 Å². The zero-order valence-corrected chi connectivity index (χ0v) is 12.4. The first-order chi connectivity index (χ1) is 9.52. The number of rotatable bonds is 5. The van der Waals surface area contributed by atoms with Gasteiger partial charge in [0.25, 0.3) is 0 Å². The fraction of sp³-hybridized carbons (Fsp3) is 0.562. The third kappa shape index (κ3) is 3.18. The smallest absolute Gasteiger partial charge is 0.241 e. The molecule has 0 aromatic heterocycles. The lowest BCUT2D eigenvalue weighted by molar-refractivity contribution is -0.130. The predicted molar refractivity (Wildman–Crippen MR) is 77.5 cm³/mol. The van der Waals surface area contributed by atoms with Gasteiger partial charge in [0.1, 0.15) is 12.0 Å². The normalized spacial score (nSPS) is 22.9. The van der Waals surface area contributed by atoms with Gasteiger partial charge in [-0.25, -0.2) is 4.39 Å². The summed E-state index contributed by atoms with van der Waals surface area (Å²) in [6.45, 7) is 6.95. The molecule has 0 spiro atoms. The van der Waals surface area contributed by atoms with Gasteiger partial charge in [0.15, 0.2) is 0 Å². The van der Waals surface area contributed by atoms with Gasteiger partial charge in [-0.15, -0.1) is 0 Å². The van der Waals surface area contributed by atoms with Gasteiger partial charge in [-0.05, 0) is 36.5 Å². The van der Waals surface area contributed by atoms with Crippen LogP contribution in [0.15, 0.2) is 24.3 Å². The molecule has 0 bridgehead atoms. The minimum atomic E-state index is -0.263. The average Bonchev–Trinajstić information content (AvgIpc) is 2.68. The van der Waals surface area contributed by atoms with Crippen molar-refractivity contribution in [1.82, 2.24) is 10.2 Å². The highest BCUT2D eigenvalue weighted by atomic mass is 19.1. The summed E-state index contributed by atoms with van der Waals surface area (Å²) < 4.78 is 13.4. The molecule has 110 valence electrons. The Labute approximate surface area is 120 Å². The highest BCUT2D eigenvalue weighted by Crippen LogP contribution is 2.28. The first kappa shape index (κ1) is 15.0. The van der Waals surface area contributed by atoms with Crippen LogP contribution < -0.4 is 5.32 Å². The molecule has 3 nitrogen and oxygen atoms in total. The Hall–Kier alpha value is -1.42. The molecule has 0 aliphatic carbocycles. The van der Waals surface area contributed by atoms with Gasteiger partial charge in [-0.2, -0.15) is 0 Å². The lowest BCUT2D eigenvalue weighted by Crippen LogP contribution is -2.32. The molecule has 2 atom stereocenters. The van der Waals surface area contributed by atoms with Crippen molar-refractivity contribution in [3.8, 4) is 0 Å². The van der Waals surface area contributed by atoms with E-state index in [1.54, 1.807) is 6.07 Å². The van der Waals surface area contributed by atoms with Crippen LogP contribution >= 0.6 is 0 Å². The van der Waals surface area contributed by atoms with Crippen LogP contribution in [0.25, 0.3) is 0 Å². The second-order valence-corrected chi connectivity index (χ2v) is 5.84. The number of benzene rings is 1. The monoisotopic (exact) mass is 278 g/mol. The predicted octanol–water partition coefficient (Wildman–Crippen LogP) is 3.08. The third-order valence-corrected chi connectivity index (χ3v) is 3.59. The van der Waals surface area contributed by atoms with Gasteiger partial charge in [0.2, 0.25) is 5.91 Å². The number of nitrogens with zero attached hydrogens (tertiary/aromatic N) is 1. The zero-order valence-electron chi connectivity index (χ0n) is 12.4. The second-order valence-electron chi connectivity index (χ2n) is 5.84. The molecule has 20 heavy (non-hydrogen) atoms. The molecule has 0 radical (unpaired) electrons. The summed E-state index contributed by atoms with van der Waals surface area (Å²) in [5.41, 5.74) is 0.818. The molecule has 1 aliphatic rings. The number of hydrogen-bond acceptors (Lipinski definition) is 2. The molecular weight excluding hydrogens is 255 g/mol. The van der Waals surface area contributed by atoms with Crippen LogP contribution in [0, 0.1) is 11.7 Å². The number of nitrogens with one attached hydrogen (secondary N) is 1. The number of amides is 1. The van der Waals surface area contributed by atoms with Crippen molar-refractivity contribution in [2.45, 2.75) is 45.8 Å². The Kier molecular flexibility index (Phi) is 4.76. The number of hydrogen-bond donors (Lipinski definition) is 1. The van der Waals surface area contributed by atoms with E-state index in [9.17, 15) is 9.18 Å². The van der Waals surface area contributed by atoms with Crippen molar-refractivity contribution < 1.29 is 9.18 Å². The molecule has 1 heterocycles. The van der Waals surface area contributed by atoms with Gasteiger partial charge in [0.05, 0.1) is 6.04 Å². The van der Waals surface area contributed by atoms with Crippen molar-refractivity contribution in [3.05, 3.63) is 35.6 Å². The van der Waals surface area contributed by atoms with E-state index in [0.29, 0.717) is 12.5 Å². The van der Waals surface area contributed by atoms with Crippen LogP contribution in [0.5, 0.6) is 0 Å². The van der Waals surface area contributed by atoms with E-state index >= 15 is 0 Å². The molecular formula is C16H23FN2O. The third-order valence-electron chi connectivity index (χ3n) is 3.59. The van der Waals surface area contributed by atoms with Crippen molar-refractivity contribution in [2.24, 2.45) is 5.92 Å². The van der Waals surface area contributed by atoms with Gasteiger partial charge >= 0.3 is 0 Å². The highest BCUT2D eigenvalue weighted by molar-refractivity contribution is 5.84. The van der Waals surface area contributed by atoms with Crippen molar-refractivity contribution in [2.75, 3.05) is 6.54 Å². The molecule has 1 aromatic carbocycles. The van der Waals surface area contributed by atoms with Crippen molar-refractivity contribution in [1.29, 1.82) is 0 Å². The minimum absolute atomic E-state index is 0.134. The molecule has 2 unspecified atom stereocenters. The molecule has 1 saturated heterocycles. The molecule has 4 heteroatoms. The van der Waals surface area contributed by atoms with Gasteiger partial charge in [-0.3, -0.25) is 10.1 Å². The SMILES string of the molecule is CCCN1C(=O)C(CC(C)C)NC1c1cccc(F)c1. The van der Waals surface area contributed by atoms with Crippen LogP contribution in [-0.4, -0.2) is 23.4 Å². The van der Waals surface area contributed by atoms with Gasteiger partial charge < -0.3 is 4.90 Å². The summed E-state index contributed by atoms with van der Waals surface area (Å²) in [5, 5.41) is 3.36. The van der Waals surface area contributed by atoms with E-state index in [2.05, 4.69) is 19.2 Å². The van der Waals surface area contributed by atoms with Crippen LogP contribution in [-0.2, 0) is 4.79 Å². The molecule has 1 N–H and O–H groups in total. The Morgan fingerprint density at radius 2 is 2.15 bits per heavy atom. The molecule has 0 saturated carbocycles. The summed E-state index contributed by atoms with van der Waals surface area (Å²) in [7, 11) is 0. The van der Waals surface area contributed by atoms with Crippen LogP contribution in [0.3, 0.4) is 0 Å². The Morgan fingerprint density at radius 3 is 2.75 bits per heavy atom. The van der Waals surface area contributed by atoms with E-state index in [0.717, 1.165) is 18.4 Å². The maximum Gasteiger partial charge on any atom is 0.241 e. The Balaban J connectivity index is 2.23. The fourth-order valence-electron chi connectivity index (χ4n) is 2.75. The summed E-state index contributed by atoms with van der Waals surface area (Å²) in [4.78, 5) is 14.3. The zero-order chi connectivity index (χ0) is 14.7. The van der Waals surface area contributed by atoms with Crippen molar-refractivity contribution in [3.63, 3.8) is 0 Å². The molecule has 1 aliphatic heterocycles. The maximum atomic E-state index is 13.4. The minimum Gasteiger partial charge on any atom is -0.322 e. The van der Waals surface area contributed by atoms with E-state index in [1.807, 2.05) is 17.9 Å². The van der Waals surface area contributed by atoms with Crippen LogP contribution in [0.4, 0.5) is 4.39 Å². The Morgan fingerprint density at radius 1 is 1.40 bits per heavy atom. The fourth-order valence-corrected chi connectivity index (χ4v) is 2.75. The van der Waals surface area contributed by atoms with E-state index in [1.165, 1.54) is 12.1 Å². The standard InChI is InChI=1S/C16H23FN2O/c1-4-8-19-15(12-6-5-7-13(17)10-12)18-14(16(19)20)9-11(2)3/h5-7,10-11,14-15,18H,4,8-9H2,1-3H3. The summed E-state index contributed by atoms with van der Waals surface area (Å²) >= 11 is 0. The van der Waals surface area contributed by atoms with Crippen molar-refractivity contribution >= 4 is 5.91 Å². The summed E-state index contributed by atoms with van der Waals surface area (Å²) in [6, 6.07) is 6.34. The number of halogens is 1. The van der Waals surface area contributed by atoms with Crippen LogP contribution in [0.1, 0.15) is 45.3 Å². The molecule has 1 aromatic rings. The largest absolute Gasteiger partial charge is 0.322 e. The Bertz CT molecular complexity index is 475. The lowest BCUT2D eigenvalue weighted by Gasteiger charge is -2.24. The summed E-state index contributed by atoms with van der Waals surface area (Å²) in [6.07, 6.45) is 1.50. The quantitative estimate of drug-likeness (QED) is 0.897. The summed E-state index contributed by atoms with van der Waals surface area (Å²) in [5.74, 6) is 0.321. The highest BCUT2D eigenvalue weighted by Gasteiger charge is 2.39. The van der Waals surface area contributed by atoms with E-state index < -0.39 is 0 Å². The van der Waals surface area contributed by atoms with E-state index in [-0.39, 0.29) is 23.9 Å². The average molecular weight is 278 g/mol. The molecule has 1 amide bonds. The van der Waals surface area contributed by atoms with Crippen LogP contribution in [0.2, 0.25) is 0 Å². The number of carbonyl (C=O) groups excluding carboxylic acids is 1. The second kappa shape index (κ2) is 6.35. The molecule has 2 rings (SSSR count). The lowest BCUT2D eigenvalue weighted by atomic mass is 10.0. The first-order valence-corrected chi connectivity index (χ1v) is 7.35. The number of carbonyl (C=O) groups is 1. The molecule has 1 fully saturated rings. The van der Waals surface area contributed by atoms with Gasteiger partial charge in [0, 0.05) is 6.54 Å². The maximum absolute atomic E-state index is 13.4. The first-order valence-electron chi connectivity index (χ1n) is 7.35. The topological polar surface area (TPSA) is 32.3 Å².